The van der Waals surface area contributed by atoms with E-state index < -0.39 is 0 Å². The fourth-order valence-electron chi connectivity index (χ4n) is 3.67. The summed E-state index contributed by atoms with van der Waals surface area (Å²) in [5.74, 6) is 0.886. The molecule has 0 aromatic rings. The van der Waals surface area contributed by atoms with E-state index in [4.69, 9.17) is 0 Å². The molecular weight excluding hydrogens is 244 g/mol. The Kier molecular flexibility index (Phi) is 6.53. The molecule has 0 saturated heterocycles. The van der Waals surface area contributed by atoms with Gasteiger partial charge in [0.05, 0.1) is 0 Å². The first-order valence-electron chi connectivity index (χ1n) is 8.66. The zero-order valence-electron chi connectivity index (χ0n) is 15.1. The van der Waals surface area contributed by atoms with Gasteiger partial charge in [0, 0.05) is 24.7 Å². The summed E-state index contributed by atoms with van der Waals surface area (Å²) in [6.45, 7) is 19.9. The van der Waals surface area contributed by atoms with Gasteiger partial charge in [-0.05, 0) is 65.3 Å². The van der Waals surface area contributed by atoms with Crippen molar-refractivity contribution in [1.29, 1.82) is 0 Å². The summed E-state index contributed by atoms with van der Waals surface area (Å²) in [6, 6.07) is 0.656. The zero-order valence-corrected chi connectivity index (χ0v) is 15.1. The van der Waals surface area contributed by atoms with Gasteiger partial charge in [-0.1, -0.05) is 26.7 Å². The van der Waals surface area contributed by atoms with Gasteiger partial charge in [-0.25, -0.2) is 0 Å². The van der Waals surface area contributed by atoms with Crippen LogP contribution in [0.25, 0.3) is 0 Å². The lowest BCUT2D eigenvalue weighted by Crippen LogP contribution is -2.51. The van der Waals surface area contributed by atoms with E-state index in [2.05, 4.69) is 58.7 Å². The molecule has 2 heteroatoms. The molecule has 2 atom stereocenters. The van der Waals surface area contributed by atoms with E-state index in [-0.39, 0.29) is 5.54 Å². The third-order valence-electron chi connectivity index (χ3n) is 4.85. The summed E-state index contributed by atoms with van der Waals surface area (Å²) >= 11 is 0. The van der Waals surface area contributed by atoms with E-state index in [1.165, 1.54) is 45.3 Å². The Morgan fingerprint density at radius 2 is 1.95 bits per heavy atom. The van der Waals surface area contributed by atoms with Crippen molar-refractivity contribution >= 4 is 0 Å². The summed E-state index contributed by atoms with van der Waals surface area (Å²) < 4.78 is 0. The standard InChI is InChI=1S/C18H38N2/c1-8-20(15(2)3)14-18(13-19-17(5,6)7)11-9-10-16(4)12-18/h15-16,19H,8-14H2,1-7H3. The van der Waals surface area contributed by atoms with Gasteiger partial charge in [-0.15, -0.1) is 0 Å². The maximum absolute atomic E-state index is 3.79. The molecular formula is C18H38N2. The minimum atomic E-state index is 0.225. The molecule has 120 valence electrons. The van der Waals surface area contributed by atoms with Gasteiger partial charge in [0.15, 0.2) is 0 Å². The third-order valence-corrected chi connectivity index (χ3v) is 4.85. The number of hydrogen-bond donors (Lipinski definition) is 1. The van der Waals surface area contributed by atoms with E-state index in [9.17, 15) is 0 Å². The summed E-state index contributed by atoms with van der Waals surface area (Å²) in [5.41, 5.74) is 0.702. The SMILES string of the molecule is CCN(CC1(CNC(C)(C)C)CCCC(C)C1)C(C)C. The highest BCUT2D eigenvalue weighted by Crippen LogP contribution is 2.40. The van der Waals surface area contributed by atoms with E-state index >= 15 is 0 Å². The topological polar surface area (TPSA) is 15.3 Å². The average Bonchev–Trinajstić information content (AvgIpc) is 2.33. The summed E-state index contributed by atoms with van der Waals surface area (Å²) in [4.78, 5) is 2.66. The first-order valence-corrected chi connectivity index (χ1v) is 8.66. The van der Waals surface area contributed by atoms with E-state index in [1.807, 2.05) is 0 Å². The molecule has 1 aliphatic rings. The molecule has 0 radical (unpaired) electrons. The molecule has 1 saturated carbocycles. The Balaban J connectivity index is 2.77. The molecule has 20 heavy (non-hydrogen) atoms. The lowest BCUT2D eigenvalue weighted by molar-refractivity contribution is 0.0623. The average molecular weight is 283 g/mol. The fraction of sp³-hybridized carbons (Fsp3) is 1.00. The number of rotatable bonds is 6. The Hall–Kier alpha value is -0.0800. The second-order valence-electron chi connectivity index (χ2n) is 8.46. The monoisotopic (exact) mass is 282 g/mol. The Bertz CT molecular complexity index is 280. The van der Waals surface area contributed by atoms with Crippen molar-refractivity contribution in [2.45, 2.75) is 85.7 Å². The van der Waals surface area contributed by atoms with Crippen LogP contribution in [0.15, 0.2) is 0 Å². The highest BCUT2D eigenvalue weighted by molar-refractivity contribution is 4.92. The summed E-state index contributed by atoms with van der Waals surface area (Å²) in [6.07, 6.45) is 5.61. The van der Waals surface area contributed by atoms with E-state index in [1.54, 1.807) is 0 Å². The van der Waals surface area contributed by atoms with Crippen molar-refractivity contribution in [1.82, 2.24) is 10.2 Å². The molecule has 2 unspecified atom stereocenters. The van der Waals surface area contributed by atoms with E-state index in [0.717, 1.165) is 5.92 Å². The van der Waals surface area contributed by atoms with Gasteiger partial charge in [-0.3, -0.25) is 0 Å². The first-order chi connectivity index (χ1) is 9.17. The van der Waals surface area contributed by atoms with Crippen LogP contribution >= 0.6 is 0 Å². The van der Waals surface area contributed by atoms with Gasteiger partial charge in [0.2, 0.25) is 0 Å². The lowest BCUT2D eigenvalue weighted by Gasteiger charge is -2.45. The largest absolute Gasteiger partial charge is 0.311 e. The normalized spacial score (nSPS) is 28.4. The van der Waals surface area contributed by atoms with Gasteiger partial charge >= 0.3 is 0 Å². The number of nitrogens with zero attached hydrogens (tertiary/aromatic N) is 1. The molecule has 0 amide bonds. The first kappa shape index (κ1) is 18.0. The molecule has 1 N–H and O–H groups in total. The highest BCUT2D eigenvalue weighted by Gasteiger charge is 2.37. The smallest absolute Gasteiger partial charge is 0.00967 e. The Morgan fingerprint density at radius 3 is 2.40 bits per heavy atom. The predicted octanol–water partition coefficient (Wildman–Crippen LogP) is 4.30. The van der Waals surface area contributed by atoms with E-state index in [0.29, 0.717) is 11.5 Å². The van der Waals surface area contributed by atoms with Gasteiger partial charge in [0.1, 0.15) is 0 Å². The quantitative estimate of drug-likeness (QED) is 0.781. The molecule has 0 bridgehead atoms. The van der Waals surface area contributed by atoms with Crippen LogP contribution in [0.3, 0.4) is 0 Å². The second kappa shape index (κ2) is 7.26. The minimum Gasteiger partial charge on any atom is -0.311 e. The summed E-state index contributed by atoms with van der Waals surface area (Å²) in [5, 5.41) is 3.79. The van der Waals surface area contributed by atoms with Crippen LogP contribution in [0, 0.1) is 11.3 Å². The molecule has 0 aromatic heterocycles. The van der Waals surface area contributed by atoms with Crippen molar-refractivity contribution in [3.63, 3.8) is 0 Å². The van der Waals surface area contributed by atoms with Crippen LogP contribution in [0.4, 0.5) is 0 Å². The minimum absolute atomic E-state index is 0.225. The molecule has 0 heterocycles. The molecule has 2 nitrogen and oxygen atoms in total. The second-order valence-corrected chi connectivity index (χ2v) is 8.46. The van der Waals surface area contributed by atoms with Gasteiger partial charge < -0.3 is 10.2 Å². The van der Waals surface area contributed by atoms with Crippen LogP contribution in [0.1, 0.15) is 74.1 Å². The maximum atomic E-state index is 3.79. The Morgan fingerprint density at radius 1 is 1.30 bits per heavy atom. The van der Waals surface area contributed by atoms with Crippen molar-refractivity contribution in [2.24, 2.45) is 11.3 Å². The molecule has 0 aliphatic heterocycles. The highest BCUT2D eigenvalue weighted by atomic mass is 15.2. The van der Waals surface area contributed by atoms with Crippen LogP contribution < -0.4 is 5.32 Å². The predicted molar refractivity (Wildman–Crippen MR) is 90.2 cm³/mol. The lowest BCUT2D eigenvalue weighted by atomic mass is 9.69. The van der Waals surface area contributed by atoms with Crippen molar-refractivity contribution in [3.8, 4) is 0 Å². The van der Waals surface area contributed by atoms with Crippen LogP contribution in [0.5, 0.6) is 0 Å². The van der Waals surface area contributed by atoms with Crippen LogP contribution in [0.2, 0.25) is 0 Å². The summed E-state index contributed by atoms with van der Waals surface area (Å²) in [7, 11) is 0. The molecule has 1 aliphatic carbocycles. The van der Waals surface area contributed by atoms with Crippen molar-refractivity contribution < 1.29 is 0 Å². The maximum Gasteiger partial charge on any atom is 0.00967 e. The van der Waals surface area contributed by atoms with Crippen molar-refractivity contribution in [3.05, 3.63) is 0 Å². The molecule has 0 spiro atoms. The zero-order chi connectivity index (χ0) is 15.4. The third kappa shape index (κ3) is 5.73. The molecule has 1 rings (SSSR count). The van der Waals surface area contributed by atoms with Crippen LogP contribution in [-0.4, -0.2) is 36.1 Å². The van der Waals surface area contributed by atoms with Gasteiger partial charge in [0.25, 0.3) is 0 Å². The Labute approximate surface area is 127 Å². The molecule has 1 fully saturated rings. The van der Waals surface area contributed by atoms with Crippen LogP contribution in [-0.2, 0) is 0 Å². The van der Waals surface area contributed by atoms with Gasteiger partial charge in [-0.2, -0.15) is 0 Å². The van der Waals surface area contributed by atoms with Crippen molar-refractivity contribution in [2.75, 3.05) is 19.6 Å². The fourth-order valence-corrected chi connectivity index (χ4v) is 3.67. The number of hydrogen-bond acceptors (Lipinski definition) is 2. The molecule has 0 aromatic carbocycles. The number of nitrogens with one attached hydrogen (secondary N) is 1.